The van der Waals surface area contributed by atoms with E-state index in [0.717, 1.165) is 34.7 Å². The molecule has 0 N–H and O–H groups in total. The first-order valence-electron chi connectivity index (χ1n) is 7.28. The Balaban J connectivity index is 2.02. The molecule has 0 heterocycles. The Morgan fingerprint density at radius 2 is 1.76 bits per heavy atom. The molecule has 0 aliphatic heterocycles. The zero-order chi connectivity index (χ0) is 15.3. The standard InChI is InChI=1S/C17H23ClO2Si/c1-21(2,3)11-10-19-13-20-16-9-5-7-14-6-4-8-15(12-18)17(14)16/h4-9H,10-13H2,1-3H3. The Morgan fingerprint density at radius 1 is 1.05 bits per heavy atom. The maximum absolute atomic E-state index is 6.03. The monoisotopic (exact) mass is 322 g/mol. The van der Waals surface area contributed by atoms with Crippen LogP contribution in [0.15, 0.2) is 36.4 Å². The first-order chi connectivity index (χ1) is 10.0. The maximum Gasteiger partial charge on any atom is 0.189 e. The van der Waals surface area contributed by atoms with Gasteiger partial charge in [0, 0.05) is 25.9 Å². The fraction of sp³-hybridized carbons (Fsp3) is 0.412. The third-order valence-corrected chi connectivity index (χ3v) is 5.38. The molecule has 0 amide bonds. The summed E-state index contributed by atoms with van der Waals surface area (Å²) in [6, 6.07) is 13.3. The minimum absolute atomic E-state index is 0.292. The van der Waals surface area contributed by atoms with Crippen molar-refractivity contribution in [3.63, 3.8) is 0 Å². The fourth-order valence-electron chi connectivity index (χ4n) is 2.16. The highest BCUT2D eigenvalue weighted by Crippen LogP contribution is 2.30. The van der Waals surface area contributed by atoms with Crippen LogP contribution in [0.3, 0.4) is 0 Å². The molecule has 4 heteroatoms. The minimum atomic E-state index is -1.04. The van der Waals surface area contributed by atoms with Crippen molar-refractivity contribution in [2.75, 3.05) is 13.4 Å². The van der Waals surface area contributed by atoms with Crippen LogP contribution in [0.25, 0.3) is 10.8 Å². The predicted octanol–water partition coefficient (Wildman–Crippen LogP) is 5.27. The molecule has 2 rings (SSSR count). The number of ether oxygens (including phenoxy) is 2. The van der Waals surface area contributed by atoms with Gasteiger partial charge < -0.3 is 9.47 Å². The number of fused-ring (bicyclic) bond motifs is 1. The van der Waals surface area contributed by atoms with Gasteiger partial charge in [-0.15, -0.1) is 11.6 Å². The van der Waals surface area contributed by atoms with Crippen molar-refractivity contribution in [1.82, 2.24) is 0 Å². The van der Waals surface area contributed by atoms with Crippen molar-refractivity contribution in [2.45, 2.75) is 31.6 Å². The summed E-state index contributed by atoms with van der Waals surface area (Å²) in [5, 5.41) is 2.23. The number of hydrogen-bond acceptors (Lipinski definition) is 2. The summed E-state index contributed by atoms with van der Waals surface area (Å²) >= 11 is 6.03. The molecule has 0 radical (unpaired) electrons. The summed E-state index contributed by atoms with van der Waals surface area (Å²) in [6.07, 6.45) is 0. The summed E-state index contributed by atoms with van der Waals surface area (Å²) in [5.41, 5.74) is 1.09. The van der Waals surface area contributed by atoms with E-state index >= 15 is 0 Å². The van der Waals surface area contributed by atoms with E-state index in [1.165, 1.54) is 0 Å². The van der Waals surface area contributed by atoms with E-state index in [9.17, 15) is 0 Å². The summed E-state index contributed by atoms with van der Waals surface area (Å²) in [6.45, 7) is 8.08. The van der Waals surface area contributed by atoms with E-state index in [-0.39, 0.29) is 0 Å². The van der Waals surface area contributed by atoms with Gasteiger partial charge in [-0.1, -0.05) is 50.0 Å². The molecule has 114 valence electrons. The van der Waals surface area contributed by atoms with Gasteiger partial charge in [0.25, 0.3) is 0 Å². The molecular formula is C17H23ClO2Si. The van der Waals surface area contributed by atoms with Gasteiger partial charge in [-0.05, 0) is 23.1 Å². The van der Waals surface area contributed by atoms with Gasteiger partial charge in [0.1, 0.15) is 5.75 Å². The van der Waals surface area contributed by atoms with Crippen LogP contribution in [0.2, 0.25) is 25.7 Å². The maximum atomic E-state index is 6.03. The fourth-order valence-corrected chi connectivity index (χ4v) is 3.14. The van der Waals surface area contributed by atoms with Crippen molar-refractivity contribution in [3.05, 3.63) is 42.0 Å². The second-order valence-corrected chi connectivity index (χ2v) is 12.3. The minimum Gasteiger partial charge on any atom is -0.467 e. The van der Waals surface area contributed by atoms with Crippen LogP contribution in [-0.2, 0) is 10.6 Å². The van der Waals surface area contributed by atoms with Crippen LogP contribution in [0, 0.1) is 0 Å². The van der Waals surface area contributed by atoms with Crippen molar-refractivity contribution in [2.24, 2.45) is 0 Å². The zero-order valence-electron chi connectivity index (χ0n) is 13.0. The van der Waals surface area contributed by atoms with Gasteiger partial charge in [0.15, 0.2) is 6.79 Å². The Kier molecular flexibility index (Phi) is 5.68. The van der Waals surface area contributed by atoms with Gasteiger partial charge in [-0.25, -0.2) is 0 Å². The third-order valence-electron chi connectivity index (χ3n) is 3.39. The normalized spacial score (nSPS) is 11.8. The molecule has 2 aromatic carbocycles. The topological polar surface area (TPSA) is 18.5 Å². The number of alkyl halides is 1. The lowest BCUT2D eigenvalue weighted by atomic mass is 10.0. The molecule has 0 fully saturated rings. The highest BCUT2D eigenvalue weighted by molar-refractivity contribution is 6.76. The molecule has 0 aliphatic carbocycles. The summed E-state index contributed by atoms with van der Waals surface area (Å²) in [7, 11) is -1.04. The molecule has 0 saturated carbocycles. The molecule has 0 atom stereocenters. The highest BCUT2D eigenvalue weighted by Gasteiger charge is 2.12. The molecule has 2 aromatic rings. The lowest BCUT2D eigenvalue weighted by Gasteiger charge is -2.16. The van der Waals surface area contributed by atoms with Gasteiger partial charge in [0.05, 0.1) is 0 Å². The number of rotatable bonds is 7. The van der Waals surface area contributed by atoms with Crippen LogP contribution in [0.5, 0.6) is 5.75 Å². The Morgan fingerprint density at radius 3 is 2.43 bits per heavy atom. The van der Waals surface area contributed by atoms with E-state index in [1.54, 1.807) is 0 Å². The van der Waals surface area contributed by atoms with Crippen molar-refractivity contribution < 1.29 is 9.47 Å². The second kappa shape index (κ2) is 7.30. The molecule has 0 bridgehead atoms. The largest absolute Gasteiger partial charge is 0.467 e. The highest BCUT2D eigenvalue weighted by atomic mass is 35.5. The molecule has 0 saturated heterocycles. The van der Waals surface area contributed by atoms with Crippen LogP contribution in [0.1, 0.15) is 5.56 Å². The van der Waals surface area contributed by atoms with Gasteiger partial charge in [-0.3, -0.25) is 0 Å². The van der Waals surface area contributed by atoms with Gasteiger partial charge in [-0.2, -0.15) is 0 Å². The van der Waals surface area contributed by atoms with Crippen molar-refractivity contribution in [3.8, 4) is 5.75 Å². The zero-order valence-corrected chi connectivity index (χ0v) is 14.7. The lowest BCUT2D eigenvalue weighted by molar-refractivity contribution is 0.0229. The first kappa shape index (κ1) is 16.3. The SMILES string of the molecule is C[Si](C)(C)CCOCOc1cccc2cccc(CCl)c12. The van der Waals surface area contributed by atoms with E-state index in [4.69, 9.17) is 21.1 Å². The summed E-state index contributed by atoms with van der Waals surface area (Å²) < 4.78 is 11.4. The van der Waals surface area contributed by atoms with E-state index in [0.29, 0.717) is 12.7 Å². The average molecular weight is 323 g/mol. The number of hydrogen-bond donors (Lipinski definition) is 0. The molecular weight excluding hydrogens is 300 g/mol. The van der Waals surface area contributed by atoms with Crippen LogP contribution < -0.4 is 4.74 Å². The number of benzene rings is 2. The van der Waals surface area contributed by atoms with Crippen LogP contribution >= 0.6 is 11.6 Å². The molecule has 0 aromatic heterocycles. The van der Waals surface area contributed by atoms with E-state index in [2.05, 4.69) is 31.8 Å². The van der Waals surface area contributed by atoms with E-state index < -0.39 is 8.07 Å². The average Bonchev–Trinajstić information content (AvgIpc) is 2.45. The van der Waals surface area contributed by atoms with Crippen molar-refractivity contribution in [1.29, 1.82) is 0 Å². The lowest BCUT2D eigenvalue weighted by Crippen LogP contribution is -2.22. The van der Waals surface area contributed by atoms with Gasteiger partial charge in [0.2, 0.25) is 0 Å². The summed E-state index contributed by atoms with van der Waals surface area (Å²) in [4.78, 5) is 0. The van der Waals surface area contributed by atoms with E-state index in [1.807, 2.05) is 24.3 Å². The molecule has 2 nitrogen and oxygen atoms in total. The van der Waals surface area contributed by atoms with Crippen LogP contribution in [0.4, 0.5) is 0 Å². The Labute approximate surface area is 133 Å². The smallest absolute Gasteiger partial charge is 0.189 e. The first-order valence-corrected chi connectivity index (χ1v) is 11.5. The predicted molar refractivity (Wildman–Crippen MR) is 93.1 cm³/mol. The molecule has 21 heavy (non-hydrogen) atoms. The molecule has 0 unspecified atom stereocenters. The van der Waals surface area contributed by atoms with Gasteiger partial charge >= 0.3 is 0 Å². The Bertz CT molecular complexity index is 588. The Hall–Kier alpha value is -1.03. The van der Waals surface area contributed by atoms with Crippen LogP contribution in [-0.4, -0.2) is 21.5 Å². The van der Waals surface area contributed by atoms with Crippen molar-refractivity contribution >= 4 is 30.4 Å². The number of halogens is 1. The second-order valence-electron chi connectivity index (χ2n) is 6.39. The molecule has 0 aliphatic rings. The molecule has 0 spiro atoms. The quantitative estimate of drug-likeness (QED) is 0.299. The third kappa shape index (κ3) is 4.73. The summed E-state index contributed by atoms with van der Waals surface area (Å²) in [5.74, 6) is 1.32.